The molecule has 1 aliphatic rings. The molecule has 1 unspecified atom stereocenters. The monoisotopic (exact) mass is 451 g/mol. The number of hydrogen-bond acceptors (Lipinski definition) is 6. The van der Waals surface area contributed by atoms with Crippen molar-refractivity contribution >= 4 is 34.0 Å². The fourth-order valence-electron chi connectivity index (χ4n) is 3.84. The summed E-state index contributed by atoms with van der Waals surface area (Å²) in [5.74, 6) is 0.634. The number of anilines is 1. The van der Waals surface area contributed by atoms with E-state index < -0.39 is 0 Å². The number of carbonyl (C=O) groups excluding carboxylic acids is 1. The zero-order valence-corrected chi connectivity index (χ0v) is 19.5. The van der Waals surface area contributed by atoms with E-state index in [1.807, 2.05) is 30.3 Å². The van der Waals surface area contributed by atoms with E-state index in [4.69, 9.17) is 0 Å². The summed E-state index contributed by atoms with van der Waals surface area (Å²) in [6.07, 6.45) is 4.61. The Labute approximate surface area is 190 Å². The van der Waals surface area contributed by atoms with Crippen LogP contribution in [-0.2, 0) is 17.6 Å². The van der Waals surface area contributed by atoms with E-state index in [2.05, 4.69) is 42.2 Å². The molecule has 0 saturated heterocycles. The van der Waals surface area contributed by atoms with Crippen molar-refractivity contribution in [3.63, 3.8) is 0 Å². The molecule has 6 nitrogen and oxygen atoms in total. The molecule has 160 valence electrons. The number of thiophene rings is 1. The van der Waals surface area contributed by atoms with Crippen LogP contribution in [0.1, 0.15) is 43.2 Å². The van der Waals surface area contributed by atoms with Crippen LogP contribution in [-0.4, -0.2) is 26.4 Å². The Morgan fingerprint density at radius 3 is 2.84 bits per heavy atom. The minimum Gasteiger partial charge on any atom is -0.316 e. The first-order valence-electron chi connectivity index (χ1n) is 10.3. The number of amides is 1. The van der Waals surface area contributed by atoms with Gasteiger partial charge in [0.1, 0.15) is 17.4 Å². The molecule has 1 atom stereocenters. The molecule has 0 spiro atoms. The highest BCUT2D eigenvalue weighted by Crippen LogP contribution is 2.44. The maximum Gasteiger partial charge on any atom is 0.235 e. The molecule has 2 heterocycles. The second-order valence-corrected chi connectivity index (χ2v) is 10.8. The first-order chi connectivity index (χ1) is 14.8. The van der Waals surface area contributed by atoms with E-state index in [1.54, 1.807) is 22.3 Å². The van der Waals surface area contributed by atoms with Gasteiger partial charge < -0.3 is 5.32 Å². The van der Waals surface area contributed by atoms with Gasteiger partial charge in [-0.15, -0.1) is 16.4 Å². The Morgan fingerprint density at radius 2 is 2.13 bits per heavy atom. The van der Waals surface area contributed by atoms with Gasteiger partial charge in [-0.1, -0.05) is 50.7 Å². The van der Waals surface area contributed by atoms with Gasteiger partial charge in [-0.2, -0.15) is 5.26 Å². The smallest absolute Gasteiger partial charge is 0.235 e. The lowest BCUT2D eigenvalue weighted by atomic mass is 9.72. The second kappa shape index (κ2) is 8.85. The summed E-state index contributed by atoms with van der Waals surface area (Å²) in [5, 5.41) is 18.3. The molecule has 4 rings (SSSR count). The standard InChI is InChI=1S/C23H25N5OS2/c1-23(2,3)15-9-10-17-18(12-24)21(31-19(17)11-15)26-20(29)13-30-22-25-14-28(27-22)16-7-5-4-6-8-16/h4-8,14-15H,9-11,13H2,1-3H3,(H,26,29). The summed E-state index contributed by atoms with van der Waals surface area (Å²) in [4.78, 5) is 18.1. The predicted molar refractivity (Wildman–Crippen MR) is 125 cm³/mol. The van der Waals surface area contributed by atoms with Crippen LogP contribution < -0.4 is 5.32 Å². The van der Waals surface area contributed by atoms with Gasteiger partial charge in [-0.05, 0) is 48.3 Å². The minimum atomic E-state index is -0.150. The molecule has 0 bridgehead atoms. The summed E-state index contributed by atoms with van der Waals surface area (Å²) < 4.78 is 1.69. The van der Waals surface area contributed by atoms with Crippen LogP contribution in [0.2, 0.25) is 0 Å². The number of fused-ring (bicyclic) bond motifs is 1. The van der Waals surface area contributed by atoms with Gasteiger partial charge in [0.05, 0.1) is 17.0 Å². The van der Waals surface area contributed by atoms with Crippen LogP contribution in [0.15, 0.2) is 41.8 Å². The molecule has 0 radical (unpaired) electrons. The number of benzene rings is 1. The number of para-hydroxylation sites is 1. The number of rotatable bonds is 5. The number of hydrogen-bond donors (Lipinski definition) is 1. The van der Waals surface area contributed by atoms with Crippen molar-refractivity contribution in [2.75, 3.05) is 11.1 Å². The van der Waals surface area contributed by atoms with Gasteiger partial charge in [-0.25, -0.2) is 9.67 Å². The van der Waals surface area contributed by atoms with Crippen molar-refractivity contribution in [1.82, 2.24) is 14.8 Å². The van der Waals surface area contributed by atoms with E-state index in [1.165, 1.54) is 16.6 Å². The van der Waals surface area contributed by atoms with Gasteiger partial charge >= 0.3 is 0 Å². The number of carbonyl (C=O) groups is 1. The van der Waals surface area contributed by atoms with Gasteiger partial charge in [0.15, 0.2) is 0 Å². The molecule has 1 aliphatic carbocycles. The molecule has 1 amide bonds. The van der Waals surface area contributed by atoms with Gasteiger partial charge in [0.25, 0.3) is 0 Å². The molecule has 8 heteroatoms. The number of nitriles is 1. The molecule has 31 heavy (non-hydrogen) atoms. The Kier molecular flexibility index (Phi) is 6.17. The third-order valence-electron chi connectivity index (χ3n) is 5.68. The lowest BCUT2D eigenvalue weighted by molar-refractivity contribution is -0.113. The second-order valence-electron chi connectivity index (χ2n) is 8.77. The quantitative estimate of drug-likeness (QED) is 0.547. The summed E-state index contributed by atoms with van der Waals surface area (Å²) >= 11 is 2.84. The van der Waals surface area contributed by atoms with E-state index in [9.17, 15) is 10.1 Å². The summed E-state index contributed by atoms with van der Waals surface area (Å²) in [6, 6.07) is 12.0. The summed E-state index contributed by atoms with van der Waals surface area (Å²) in [7, 11) is 0. The number of nitrogens with one attached hydrogen (secondary N) is 1. The Bertz CT molecular complexity index is 1120. The molecule has 1 N–H and O–H groups in total. The third-order valence-corrected chi connectivity index (χ3v) is 7.70. The highest BCUT2D eigenvalue weighted by Gasteiger charge is 2.32. The highest BCUT2D eigenvalue weighted by molar-refractivity contribution is 7.99. The molecule has 0 saturated carbocycles. The first-order valence-corrected chi connectivity index (χ1v) is 12.1. The molecular formula is C23H25N5OS2. The van der Waals surface area contributed by atoms with E-state index in [-0.39, 0.29) is 17.1 Å². The van der Waals surface area contributed by atoms with E-state index in [0.29, 0.717) is 21.6 Å². The van der Waals surface area contributed by atoms with E-state index >= 15 is 0 Å². The largest absolute Gasteiger partial charge is 0.316 e. The summed E-state index contributed by atoms with van der Waals surface area (Å²) in [5.41, 5.74) is 2.92. The average Bonchev–Trinajstić information content (AvgIpc) is 3.36. The SMILES string of the molecule is CC(C)(C)C1CCc2c(sc(NC(=O)CSc3ncn(-c4ccccc4)n3)c2C#N)C1. The molecule has 0 aliphatic heterocycles. The molecule has 2 aromatic heterocycles. The maximum atomic E-state index is 12.6. The van der Waals surface area contributed by atoms with Crippen LogP contribution in [0.5, 0.6) is 0 Å². The van der Waals surface area contributed by atoms with Crippen LogP contribution in [0.3, 0.4) is 0 Å². The van der Waals surface area contributed by atoms with Crippen molar-refractivity contribution in [3.05, 3.63) is 52.7 Å². The zero-order valence-electron chi connectivity index (χ0n) is 17.9. The molecule has 0 fully saturated rings. The van der Waals surface area contributed by atoms with Crippen molar-refractivity contribution in [1.29, 1.82) is 5.26 Å². The topological polar surface area (TPSA) is 83.6 Å². The summed E-state index contributed by atoms with van der Waals surface area (Å²) in [6.45, 7) is 6.82. The normalized spacial score (nSPS) is 15.9. The van der Waals surface area contributed by atoms with Crippen molar-refractivity contribution in [3.8, 4) is 11.8 Å². The van der Waals surface area contributed by atoms with Crippen molar-refractivity contribution < 1.29 is 4.79 Å². The lowest BCUT2D eigenvalue weighted by Gasteiger charge is -2.33. The fraction of sp³-hybridized carbons (Fsp3) is 0.391. The van der Waals surface area contributed by atoms with E-state index in [0.717, 1.165) is 30.5 Å². The van der Waals surface area contributed by atoms with Gasteiger partial charge in [0.2, 0.25) is 11.1 Å². The molecular weight excluding hydrogens is 426 g/mol. The van der Waals surface area contributed by atoms with Crippen LogP contribution in [0, 0.1) is 22.7 Å². The van der Waals surface area contributed by atoms with Crippen molar-refractivity contribution in [2.24, 2.45) is 11.3 Å². The van der Waals surface area contributed by atoms with Crippen molar-refractivity contribution in [2.45, 2.75) is 45.2 Å². The first kappa shape index (κ1) is 21.6. The zero-order chi connectivity index (χ0) is 22.0. The number of nitrogens with zero attached hydrogens (tertiary/aromatic N) is 4. The van der Waals surface area contributed by atoms with Crippen LogP contribution >= 0.6 is 23.1 Å². The number of aromatic nitrogens is 3. The maximum absolute atomic E-state index is 12.6. The average molecular weight is 452 g/mol. The highest BCUT2D eigenvalue weighted by atomic mass is 32.2. The Morgan fingerprint density at radius 1 is 1.35 bits per heavy atom. The third kappa shape index (κ3) is 4.83. The fourth-order valence-corrected chi connectivity index (χ4v) is 5.74. The predicted octanol–water partition coefficient (Wildman–Crippen LogP) is 5.08. The van der Waals surface area contributed by atoms with Gasteiger partial charge in [0, 0.05) is 4.88 Å². The van der Waals surface area contributed by atoms with Crippen LogP contribution in [0.4, 0.5) is 5.00 Å². The molecule has 1 aromatic carbocycles. The van der Waals surface area contributed by atoms with Gasteiger partial charge in [-0.3, -0.25) is 4.79 Å². The molecule has 3 aromatic rings. The number of thioether (sulfide) groups is 1. The Hall–Kier alpha value is -2.63. The Balaban J connectivity index is 1.40. The minimum absolute atomic E-state index is 0.150. The van der Waals surface area contributed by atoms with Crippen LogP contribution in [0.25, 0.3) is 5.69 Å². The lowest BCUT2D eigenvalue weighted by Crippen LogP contribution is -2.26.